The second-order valence-electron chi connectivity index (χ2n) is 7.60. The second-order valence-corrected chi connectivity index (χ2v) is 8.38. The monoisotopic (exact) mass is 399 g/mol. The Morgan fingerprint density at radius 3 is 2.79 bits per heavy atom. The summed E-state index contributed by atoms with van der Waals surface area (Å²) in [4.78, 5) is 15.9. The fourth-order valence-corrected chi connectivity index (χ4v) is 3.88. The number of rotatable bonds is 8. The van der Waals surface area contributed by atoms with Gasteiger partial charge in [0.1, 0.15) is 5.82 Å². The SMILES string of the molecule is CSc1nnc(CCCNC(=O)c2ccc3[nH]c(C)c(C)c3c2)n1CC(C)C. The molecule has 0 aliphatic carbocycles. The number of aromatic amines is 1. The van der Waals surface area contributed by atoms with Crippen molar-refractivity contribution in [3.05, 3.63) is 40.8 Å². The summed E-state index contributed by atoms with van der Waals surface area (Å²) >= 11 is 1.62. The number of carbonyl (C=O) groups is 1. The van der Waals surface area contributed by atoms with E-state index in [4.69, 9.17) is 0 Å². The lowest BCUT2D eigenvalue weighted by Crippen LogP contribution is -2.25. The first-order valence-electron chi connectivity index (χ1n) is 9.74. The highest BCUT2D eigenvalue weighted by Crippen LogP contribution is 2.22. The topological polar surface area (TPSA) is 75.6 Å². The predicted octanol–water partition coefficient (Wildman–Crippen LogP) is 4.12. The van der Waals surface area contributed by atoms with Crippen LogP contribution in [-0.2, 0) is 13.0 Å². The van der Waals surface area contributed by atoms with Crippen molar-refractivity contribution in [3.8, 4) is 0 Å². The van der Waals surface area contributed by atoms with E-state index in [1.165, 1.54) is 5.56 Å². The van der Waals surface area contributed by atoms with Crippen molar-refractivity contribution in [2.24, 2.45) is 5.92 Å². The molecule has 1 amide bonds. The normalized spacial score (nSPS) is 11.5. The van der Waals surface area contributed by atoms with Crippen LogP contribution in [0.25, 0.3) is 10.9 Å². The molecule has 0 spiro atoms. The van der Waals surface area contributed by atoms with Crippen LogP contribution < -0.4 is 5.32 Å². The Morgan fingerprint density at radius 2 is 2.07 bits per heavy atom. The maximum absolute atomic E-state index is 12.5. The van der Waals surface area contributed by atoms with Crippen LogP contribution in [0.1, 0.15) is 47.7 Å². The van der Waals surface area contributed by atoms with Crippen LogP contribution in [0.4, 0.5) is 0 Å². The zero-order chi connectivity index (χ0) is 20.3. The smallest absolute Gasteiger partial charge is 0.251 e. The molecule has 0 fully saturated rings. The molecule has 2 aromatic heterocycles. The van der Waals surface area contributed by atoms with E-state index in [2.05, 4.69) is 52.8 Å². The van der Waals surface area contributed by atoms with Gasteiger partial charge >= 0.3 is 0 Å². The number of aromatic nitrogens is 4. The molecule has 0 aliphatic rings. The summed E-state index contributed by atoms with van der Waals surface area (Å²) in [5.41, 5.74) is 4.10. The third-order valence-electron chi connectivity index (χ3n) is 4.96. The Balaban J connectivity index is 1.58. The summed E-state index contributed by atoms with van der Waals surface area (Å²) in [6, 6.07) is 5.81. The fraction of sp³-hybridized carbons (Fsp3) is 0.476. The highest BCUT2D eigenvalue weighted by molar-refractivity contribution is 7.98. The van der Waals surface area contributed by atoms with Crippen molar-refractivity contribution in [3.63, 3.8) is 0 Å². The van der Waals surface area contributed by atoms with E-state index in [0.717, 1.165) is 47.0 Å². The lowest BCUT2D eigenvalue weighted by molar-refractivity contribution is 0.0953. The summed E-state index contributed by atoms with van der Waals surface area (Å²) in [7, 11) is 0. The zero-order valence-corrected chi connectivity index (χ0v) is 18.1. The van der Waals surface area contributed by atoms with Gasteiger partial charge in [0.25, 0.3) is 5.91 Å². The average molecular weight is 400 g/mol. The van der Waals surface area contributed by atoms with Gasteiger partial charge in [0.05, 0.1) is 0 Å². The number of aryl methyl sites for hydroxylation is 3. The highest BCUT2D eigenvalue weighted by Gasteiger charge is 2.13. The Kier molecular flexibility index (Phi) is 6.44. The number of nitrogens with zero attached hydrogens (tertiary/aromatic N) is 3. The van der Waals surface area contributed by atoms with Crippen molar-refractivity contribution < 1.29 is 4.79 Å². The predicted molar refractivity (Wildman–Crippen MR) is 115 cm³/mol. The molecule has 7 heteroatoms. The minimum atomic E-state index is -0.0337. The van der Waals surface area contributed by atoms with E-state index in [0.29, 0.717) is 18.0 Å². The van der Waals surface area contributed by atoms with E-state index < -0.39 is 0 Å². The zero-order valence-electron chi connectivity index (χ0n) is 17.3. The number of H-pyrrole nitrogens is 1. The van der Waals surface area contributed by atoms with Gasteiger partial charge in [0.15, 0.2) is 5.16 Å². The Bertz CT molecular complexity index is 973. The fourth-order valence-electron chi connectivity index (χ4n) is 3.36. The molecule has 2 heterocycles. The molecule has 0 bridgehead atoms. The third-order valence-corrected chi connectivity index (χ3v) is 5.62. The first-order valence-corrected chi connectivity index (χ1v) is 11.0. The van der Waals surface area contributed by atoms with E-state index in [1.807, 2.05) is 24.5 Å². The molecule has 28 heavy (non-hydrogen) atoms. The van der Waals surface area contributed by atoms with Gasteiger partial charge in [0, 0.05) is 41.7 Å². The number of amides is 1. The first kappa shape index (κ1) is 20.5. The molecule has 3 rings (SSSR count). The van der Waals surface area contributed by atoms with Gasteiger partial charge in [0.2, 0.25) is 0 Å². The lowest BCUT2D eigenvalue weighted by atomic mass is 10.1. The molecule has 0 unspecified atom stereocenters. The Labute approximate surface area is 170 Å². The molecule has 2 N–H and O–H groups in total. The summed E-state index contributed by atoms with van der Waals surface area (Å²) in [6.45, 7) is 10.0. The lowest BCUT2D eigenvalue weighted by Gasteiger charge is -2.11. The molecular weight excluding hydrogens is 370 g/mol. The van der Waals surface area contributed by atoms with Gasteiger partial charge in [-0.2, -0.15) is 0 Å². The molecule has 0 atom stereocenters. The summed E-state index contributed by atoms with van der Waals surface area (Å²) in [5, 5.41) is 13.7. The number of carbonyl (C=O) groups excluding carboxylic acids is 1. The van der Waals surface area contributed by atoms with E-state index in [9.17, 15) is 4.79 Å². The molecule has 6 nitrogen and oxygen atoms in total. The van der Waals surface area contributed by atoms with Crippen molar-refractivity contribution in [1.82, 2.24) is 25.1 Å². The number of thioether (sulfide) groups is 1. The summed E-state index contributed by atoms with van der Waals surface area (Å²) in [6.07, 6.45) is 3.66. The van der Waals surface area contributed by atoms with Crippen molar-refractivity contribution >= 4 is 28.6 Å². The minimum Gasteiger partial charge on any atom is -0.358 e. The van der Waals surface area contributed by atoms with Crippen LogP contribution in [0.2, 0.25) is 0 Å². The molecule has 0 saturated carbocycles. The van der Waals surface area contributed by atoms with Crippen molar-refractivity contribution in [2.45, 2.75) is 52.2 Å². The summed E-state index contributed by atoms with van der Waals surface area (Å²) in [5.74, 6) is 1.50. The molecule has 0 aliphatic heterocycles. The van der Waals surface area contributed by atoms with Crippen LogP contribution in [0.15, 0.2) is 23.4 Å². The largest absolute Gasteiger partial charge is 0.358 e. The van der Waals surface area contributed by atoms with Crippen LogP contribution in [0.5, 0.6) is 0 Å². The maximum atomic E-state index is 12.5. The number of fused-ring (bicyclic) bond motifs is 1. The van der Waals surface area contributed by atoms with Gasteiger partial charge < -0.3 is 14.9 Å². The van der Waals surface area contributed by atoms with Crippen LogP contribution in [-0.4, -0.2) is 38.5 Å². The molecule has 150 valence electrons. The van der Waals surface area contributed by atoms with Crippen molar-refractivity contribution in [1.29, 1.82) is 0 Å². The van der Waals surface area contributed by atoms with E-state index >= 15 is 0 Å². The van der Waals surface area contributed by atoms with E-state index in [-0.39, 0.29) is 5.91 Å². The van der Waals surface area contributed by atoms with Gasteiger partial charge in [-0.25, -0.2) is 0 Å². The maximum Gasteiger partial charge on any atom is 0.251 e. The van der Waals surface area contributed by atoms with Gasteiger partial charge in [-0.15, -0.1) is 10.2 Å². The number of hydrogen-bond acceptors (Lipinski definition) is 4. The van der Waals surface area contributed by atoms with Crippen LogP contribution >= 0.6 is 11.8 Å². The van der Waals surface area contributed by atoms with Crippen LogP contribution in [0.3, 0.4) is 0 Å². The molecule has 0 radical (unpaired) electrons. The quantitative estimate of drug-likeness (QED) is 0.441. The first-order chi connectivity index (χ1) is 13.4. The third kappa shape index (κ3) is 4.41. The van der Waals surface area contributed by atoms with Crippen LogP contribution in [0, 0.1) is 19.8 Å². The van der Waals surface area contributed by atoms with Gasteiger partial charge in [-0.3, -0.25) is 4.79 Å². The van der Waals surface area contributed by atoms with Gasteiger partial charge in [-0.1, -0.05) is 25.6 Å². The number of benzene rings is 1. The standard InChI is InChI=1S/C21H29N5OS/c1-13(2)12-26-19(24-25-21(26)28-5)7-6-10-22-20(27)16-8-9-18-17(11-16)14(3)15(4)23-18/h8-9,11,13,23H,6-7,10,12H2,1-5H3,(H,22,27). The number of nitrogens with one attached hydrogen (secondary N) is 2. The Hall–Kier alpha value is -2.28. The highest BCUT2D eigenvalue weighted by atomic mass is 32.2. The summed E-state index contributed by atoms with van der Waals surface area (Å²) < 4.78 is 2.20. The second kappa shape index (κ2) is 8.82. The molecule has 0 saturated heterocycles. The van der Waals surface area contributed by atoms with Crippen molar-refractivity contribution in [2.75, 3.05) is 12.8 Å². The minimum absolute atomic E-state index is 0.0337. The van der Waals surface area contributed by atoms with E-state index in [1.54, 1.807) is 11.8 Å². The Morgan fingerprint density at radius 1 is 1.29 bits per heavy atom. The molecule has 1 aromatic carbocycles. The molecule has 3 aromatic rings. The number of hydrogen-bond donors (Lipinski definition) is 2. The molecular formula is C21H29N5OS. The average Bonchev–Trinajstić information content (AvgIpc) is 3.18. The van der Waals surface area contributed by atoms with Gasteiger partial charge in [-0.05, 0) is 56.2 Å².